The number of nitrogens with two attached hydrogens (primary N) is 1. The Morgan fingerprint density at radius 2 is 2.20 bits per heavy atom. The van der Waals surface area contributed by atoms with E-state index in [1.165, 1.54) is 0 Å². The number of aromatic nitrogens is 2. The molecule has 0 bridgehead atoms. The summed E-state index contributed by atoms with van der Waals surface area (Å²) in [6.45, 7) is 0.783. The summed E-state index contributed by atoms with van der Waals surface area (Å²) in [6.07, 6.45) is 0. The number of imidazole rings is 1. The molecule has 0 unspecified atom stereocenters. The highest BCUT2D eigenvalue weighted by Crippen LogP contribution is 2.24. The normalized spacial score (nSPS) is 11.5. The Kier molecular flexibility index (Phi) is 2.67. The van der Waals surface area contributed by atoms with Crippen LogP contribution in [-0.4, -0.2) is 29.0 Å². The van der Waals surface area contributed by atoms with Crippen molar-refractivity contribution in [3.63, 3.8) is 0 Å². The average Bonchev–Trinajstić information content (AvgIpc) is 2.45. The van der Waals surface area contributed by atoms with Crippen molar-refractivity contribution in [2.24, 2.45) is 0 Å². The quantitative estimate of drug-likeness (QED) is 0.819. The number of H-pyrrole nitrogens is 1. The van der Waals surface area contributed by atoms with Crippen LogP contribution >= 0.6 is 15.9 Å². The van der Waals surface area contributed by atoms with E-state index in [9.17, 15) is 0 Å². The number of hydrogen-bond donors (Lipinski definition) is 2. The van der Waals surface area contributed by atoms with E-state index >= 15 is 0 Å². The number of halogens is 1. The van der Waals surface area contributed by atoms with Gasteiger partial charge in [-0.15, -0.1) is 0 Å². The molecule has 0 radical (unpaired) electrons. The SMILES string of the molecule is CN(C)Cc1nc2c(N)cc(Br)cc2[nH]1. The zero-order chi connectivity index (χ0) is 11.0. The van der Waals surface area contributed by atoms with Gasteiger partial charge in [0.15, 0.2) is 0 Å². The van der Waals surface area contributed by atoms with Crippen molar-refractivity contribution in [3.8, 4) is 0 Å². The van der Waals surface area contributed by atoms with E-state index in [2.05, 4.69) is 30.8 Å². The van der Waals surface area contributed by atoms with Gasteiger partial charge in [-0.25, -0.2) is 4.98 Å². The van der Waals surface area contributed by atoms with Crippen LogP contribution < -0.4 is 5.73 Å². The van der Waals surface area contributed by atoms with Gasteiger partial charge in [-0.2, -0.15) is 0 Å². The van der Waals surface area contributed by atoms with Gasteiger partial charge in [-0.3, -0.25) is 0 Å². The lowest BCUT2D eigenvalue weighted by atomic mass is 10.3. The summed E-state index contributed by atoms with van der Waals surface area (Å²) in [5.74, 6) is 0.930. The van der Waals surface area contributed by atoms with E-state index in [-0.39, 0.29) is 0 Å². The maximum atomic E-state index is 5.88. The van der Waals surface area contributed by atoms with E-state index in [1.54, 1.807) is 0 Å². The molecule has 1 heterocycles. The minimum absolute atomic E-state index is 0.695. The Bertz CT molecular complexity index is 489. The number of nitrogen functional groups attached to an aromatic ring is 1. The zero-order valence-corrected chi connectivity index (χ0v) is 10.3. The molecule has 0 saturated carbocycles. The molecule has 0 aliphatic rings. The first-order chi connectivity index (χ1) is 7.06. The predicted octanol–water partition coefficient (Wildman–Crippen LogP) is 1.97. The van der Waals surface area contributed by atoms with Crippen molar-refractivity contribution in [2.75, 3.05) is 19.8 Å². The molecule has 5 heteroatoms. The van der Waals surface area contributed by atoms with E-state index in [1.807, 2.05) is 26.2 Å². The number of rotatable bonds is 2. The largest absolute Gasteiger partial charge is 0.397 e. The van der Waals surface area contributed by atoms with Gasteiger partial charge in [-0.05, 0) is 26.2 Å². The Labute approximate surface area is 96.6 Å². The first-order valence-electron chi connectivity index (χ1n) is 4.64. The van der Waals surface area contributed by atoms with Crippen LogP contribution in [0, 0.1) is 0 Å². The van der Waals surface area contributed by atoms with Crippen LogP contribution in [0.15, 0.2) is 16.6 Å². The highest BCUT2D eigenvalue weighted by molar-refractivity contribution is 9.10. The van der Waals surface area contributed by atoms with Crippen molar-refractivity contribution in [1.29, 1.82) is 0 Å². The third-order valence-corrected chi connectivity index (χ3v) is 2.55. The first-order valence-corrected chi connectivity index (χ1v) is 5.44. The second kappa shape index (κ2) is 3.83. The van der Waals surface area contributed by atoms with E-state index in [4.69, 9.17) is 5.73 Å². The average molecular weight is 269 g/mol. The smallest absolute Gasteiger partial charge is 0.121 e. The zero-order valence-electron chi connectivity index (χ0n) is 8.71. The fraction of sp³-hybridized carbons (Fsp3) is 0.300. The van der Waals surface area contributed by atoms with Crippen molar-refractivity contribution in [2.45, 2.75) is 6.54 Å². The molecule has 0 amide bonds. The molecule has 0 aliphatic carbocycles. The van der Waals surface area contributed by atoms with Gasteiger partial charge in [0.05, 0.1) is 17.7 Å². The van der Waals surface area contributed by atoms with Gasteiger partial charge in [0.1, 0.15) is 11.3 Å². The monoisotopic (exact) mass is 268 g/mol. The number of fused-ring (bicyclic) bond motifs is 1. The van der Waals surface area contributed by atoms with Gasteiger partial charge in [0.25, 0.3) is 0 Å². The van der Waals surface area contributed by atoms with Crippen molar-refractivity contribution in [3.05, 3.63) is 22.4 Å². The number of aromatic amines is 1. The topological polar surface area (TPSA) is 57.9 Å². The molecule has 0 aliphatic heterocycles. The number of nitrogens with one attached hydrogen (secondary N) is 1. The molecule has 0 atom stereocenters. The third-order valence-electron chi connectivity index (χ3n) is 2.10. The van der Waals surface area contributed by atoms with Crippen LogP contribution in [0.4, 0.5) is 5.69 Å². The maximum absolute atomic E-state index is 5.88. The summed E-state index contributed by atoms with van der Waals surface area (Å²) >= 11 is 3.41. The van der Waals surface area contributed by atoms with Crippen LogP contribution in [0.5, 0.6) is 0 Å². The molecule has 2 aromatic rings. The van der Waals surface area contributed by atoms with Crippen molar-refractivity contribution in [1.82, 2.24) is 14.9 Å². The molecular formula is C10H13BrN4. The molecule has 1 aromatic heterocycles. The first kappa shape index (κ1) is 10.4. The molecular weight excluding hydrogens is 256 g/mol. The summed E-state index contributed by atoms with van der Waals surface area (Å²) in [7, 11) is 4.01. The maximum Gasteiger partial charge on any atom is 0.121 e. The number of hydrogen-bond acceptors (Lipinski definition) is 3. The highest BCUT2D eigenvalue weighted by Gasteiger charge is 2.07. The van der Waals surface area contributed by atoms with Crippen LogP contribution in [0.3, 0.4) is 0 Å². The van der Waals surface area contributed by atoms with Crippen LogP contribution in [-0.2, 0) is 6.54 Å². The summed E-state index contributed by atoms with van der Waals surface area (Å²) in [4.78, 5) is 9.75. The van der Waals surface area contributed by atoms with Gasteiger partial charge in [-0.1, -0.05) is 15.9 Å². The lowest BCUT2D eigenvalue weighted by molar-refractivity contribution is 0.392. The fourth-order valence-corrected chi connectivity index (χ4v) is 2.01. The molecule has 0 saturated heterocycles. The molecule has 80 valence electrons. The summed E-state index contributed by atoms with van der Waals surface area (Å²) in [5.41, 5.74) is 8.38. The number of benzene rings is 1. The molecule has 1 aromatic carbocycles. The van der Waals surface area contributed by atoms with Crippen LogP contribution in [0.25, 0.3) is 11.0 Å². The summed E-state index contributed by atoms with van der Waals surface area (Å²) in [5, 5.41) is 0. The fourth-order valence-electron chi connectivity index (χ4n) is 1.53. The highest BCUT2D eigenvalue weighted by atomic mass is 79.9. The molecule has 4 nitrogen and oxygen atoms in total. The van der Waals surface area contributed by atoms with Gasteiger partial charge < -0.3 is 15.6 Å². The Morgan fingerprint density at radius 3 is 2.87 bits per heavy atom. The molecule has 0 fully saturated rings. The third kappa shape index (κ3) is 2.13. The lowest BCUT2D eigenvalue weighted by Crippen LogP contribution is -2.11. The molecule has 0 spiro atoms. The predicted molar refractivity (Wildman–Crippen MR) is 65.6 cm³/mol. The van der Waals surface area contributed by atoms with E-state index in [0.29, 0.717) is 5.69 Å². The Morgan fingerprint density at radius 1 is 1.47 bits per heavy atom. The standard InChI is InChI=1S/C10H13BrN4/c1-15(2)5-9-13-8-4-6(11)3-7(12)10(8)14-9/h3-4H,5,12H2,1-2H3,(H,13,14). The lowest BCUT2D eigenvalue weighted by Gasteiger charge is -2.04. The number of nitrogens with zero attached hydrogens (tertiary/aromatic N) is 2. The molecule has 15 heavy (non-hydrogen) atoms. The van der Waals surface area contributed by atoms with Gasteiger partial charge in [0, 0.05) is 4.47 Å². The Hall–Kier alpha value is -1.07. The van der Waals surface area contributed by atoms with Crippen LogP contribution in [0.1, 0.15) is 5.82 Å². The Balaban J connectivity index is 2.50. The van der Waals surface area contributed by atoms with Gasteiger partial charge >= 0.3 is 0 Å². The minimum atomic E-state index is 0.695. The van der Waals surface area contributed by atoms with E-state index in [0.717, 1.165) is 27.9 Å². The summed E-state index contributed by atoms with van der Waals surface area (Å²) < 4.78 is 0.965. The summed E-state index contributed by atoms with van der Waals surface area (Å²) in [6, 6.07) is 3.85. The minimum Gasteiger partial charge on any atom is -0.397 e. The van der Waals surface area contributed by atoms with Gasteiger partial charge in [0.2, 0.25) is 0 Å². The molecule has 2 rings (SSSR count). The van der Waals surface area contributed by atoms with Crippen molar-refractivity contribution < 1.29 is 0 Å². The van der Waals surface area contributed by atoms with Crippen LogP contribution in [0.2, 0.25) is 0 Å². The molecule has 3 N–H and O–H groups in total. The van der Waals surface area contributed by atoms with Crippen molar-refractivity contribution >= 4 is 32.7 Å². The second-order valence-electron chi connectivity index (χ2n) is 3.81. The second-order valence-corrected chi connectivity index (χ2v) is 4.73. The number of anilines is 1. The van der Waals surface area contributed by atoms with E-state index < -0.39 is 0 Å².